The number of hydrogen-bond acceptors (Lipinski definition) is 3. The second-order valence-electron chi connectivity index (χ2n) is 5.29. The summed E-state index contributed by atoms with van der Waals surface area (Å²) < 4.78 is 3.32. The summed E-state index contributed by atoms with van der Waals surface area (Å²) in [6.45, 7) is 1.30. The molecule has 0 bridgehead atoms. The van der Waals surface area contributed by atoms with Gasteiger partial charge in [-0.1, -0.05) is 18.2 Å². The van der Waals surface area contributed by atoms with E-state index >= 15 is 0 Å². The van der Waals surface area contributed by atoms with Crippen LogP contribution >= 0.6 is 0 Å². The summed E-state index contributed by atoms with van der Waals surface area (Å²) in [5.74, 6) is -0.0419. The number of carbonyl (C=O) groups is 1. The van der Waals surface area contributed by atoms with E-state index in [0.717, 1.165) is 10.9 Å². The van der Waals surface area contributed by atoms with Crippen molar-refractivity contribution in [1.29, 1.82) is 0 Å². The highest BCUT2D eigenvalue weighted by Crippen LogP contribution is 2.14. The van der Waals surface area contributed by atoms with Crippen molar-refractivity contribution >= 4 is 16.8 Å². The number of aryl methyl sites for hydroxylation is 1. The van der Waals surface area contributed by atoms with E-state index in [1.54, 1.807) is 12.3 Å². The van der Waals surface area contributed by atoms with Crippen molar-refractivity contribution in [3.8, 4) is 0 Å². The third-order valence-corrected chi connectivity index (χ3v) is 3.65. The number of benzene rings is 1. The Hall–Kier alpha value is -2.89. The zero-order valence-electron chi connectivity index (χ0n) is 12.7. The van der Waals surface area contributed by atoms with E-state index in [9.17, 15) is 9.59 Å². The van der Waals surface area contributed by atoms with Gasteiger partial charge in [-0.3, -0.25) is 9.59 Å². The van der Waals surface area contributed by atoms with Gasteiger partial charge in [0.15, 0.2) is 0 Å². The minimum absolute atomic E-state index is 0.0419. The molecule has 118 valence electrons. The van der Waals surface area contributed by atoms with Crippen molar-refractivity contribution in [1.82, 2.24) is 19.7 Å². The molecule has 1 N–H and O–H groups in total. The first-order chi connectivity index (χ1) is 11.2. The van der Waals surface area contributed by atoms with E-state index in [2.05, 4.69) is 10.4 Å². The number of aromatic nitrogens is 3. The first-order valence-electron chi connectivity index (χ1n) is 7.57. The number of para-hydroxylation sites is 1. The lowest BCUT2D eigenvalue weighted by atomic mass is 10.2. The van der Waals surface area contributed by atoms with Crippen LogP contribution in [0.1, 0.15) is 6.42 Å². The monoisotopic (exact) mass is 310 g/mol. The minimum Gasteiger partial charge on any atom is -0.354 e. The second kappa shape index (κ2) is 6.91. The fourth-order valence-electron chi connectivity index (χ4n) is 2.50. The van der Waals surface area contributed by atoms with Crippen molar-refractivity contribution in [2.45, 2.75) is 19.5 Å². The van der Waals surface area contributed by atoms with Crippen LogP contribution in [0.2, 0.25) is 0 Å². The quantitative estimate of drug-likeness (QED) is 0.700. The number of nitrogens with zero attached hydrogens (tertiary/aromatic N) is 3. The predicted molar refractivity (Wildman–Crippen MR) is 88.1 cm³/mol. The van der Waals surface area contributed by atoms with Gasteiger partial charge < -0.3 is 9.88 Å². The molecule has 0 saturated heterocycles. The number of hydrogen-bond donors (Lipinski definition) is 1. The molecule has 6 nitrogen and oxygen atoms in total. The molecule has 0 unspecified atom stereocenters. The number of rotatable bonds is 6. The Balaban J connectivity index is 1.48. The van der Waals surface area contributed by atoms with Gasteiger partial charge in [0.2, 0.25) is 5.91 Å². The van der Waals surface area contributed by atoms with Crippen molar-refractivity contribution < 1.29 is 4.79 Å². The molecule has 0 radical (unpaired) electrons. The fourth-order valence-corrected chi connectivity index (χ4v) is 2.50. The SMILES string of the molecule is O=C(Cn1ccc2ccccc21)NCCCn1ncccc1=O. The lowest BCUT2D eigenvalue weighted by molar-refractivity contribution is -0.121. The van der Waals surface area contributed by atoms with Crippen molar-refractivity contribution in [2.75, 3.05) is 6.54 Å². The average Bonchev–Trinajstić information content (AvgIpc) is 2.96. The van der Waals surface area contributed by atoms with Gasteiger partial charge in [0, 0.05) is 37.1 Å². The van der Waals surface area contributed by atoms with Crippen LogP contribution in [0.15, 0.2) is 59.7 Å². The Labute approximate surface area is 133 Å². The standard InChI is InChI=1S/C17H18N4O2/c22-16(13-20-12-8-14-5-1-2-6-15(14)20)18-9-4-11-21-17(23)7-3-10-19-21/h1-3,5-8,10,12H,4,9,11,13H2,(H,18,22). The normalized spacial score (nSPS) is 10.8. The molecule has 1 aromatic carbocycles. The molecular weight excluding hydrogens is 292 g/mol. The predicted octanol–water partition coefficient (Wildman–Crippen LogP) is 1.40. The number of nitrogens with one attached hydrogen (secondary N) is 1. The smallest absolute Gasteiger partial charge is 0.266 e. The topological polar surface area (TPSA) is 68.9 Å². The van der Waals surface area contributed by atoms with Crippen LogP contribution in [0.25, 0.3) is 10.9 Å². The van der Waals surface area contributed by atoms with E-state index in [0.29, 0.717) is 19.5 Å². The molecule has 0 fully saturated rings. The molecule has 0 atom stereocenters. The Morgan fingerprint density at radius 3 is 2.87 bits per heavy atom. The molecule has 0 aliphatic rings. The summed E-state index contributed by atoms with van der Waals surface area (Å²) in [5, 5.41) is 7.97. The second-order valence-corrected chi connectivity index (χ2v) is 5.29. The highest BCUT2D eigenvalue weighted by Gasteiger charge is 2.05. The van der Waals surface area contributed by atoms with Crippen LogP contribution in [0.5, 0.6) is 0 Å². The summed E-state index contributed by atoms with van der Waals surface area (Å²) in [4.78, 5) is 23.5. The van der Waals surface area contributed by atoms with Gasteiger partial charge in [-0.05, 0) is 30.0 Å². The highest BCUT2D eigenvalue weighted by molar-refractivity contribution is 5.83. The third kappa shape index (κ3) is 3.66. The van der Waals surface area contributed by atoms with Crippen LogP contribution in [-0.2, 0) is 17.9 Å². The highest BCUT2D eigenvalue weighted by atomic mass is 16.2. The molecule has 0 aliphatic heterocycles. The third-order valence-electron chi connectivity index (χ3n) is 3.65. The first-order valence-corrected chi connectivity index (χ1v) is 7.57. The van der Waals surface area contributed by atoms with E-state index < -0.39 is 0 Å². The molecule has 6 heteroatoms. The van der Waals surface area contributed by atoms with Gasteiger partial charge in [-0.2, -0.15) is 5.10 Å². The van der Waals surface area contributed by atoms with Gasteiger partial charge in [-0.15, -0.1) is 0 Å². The summed E-state index contributed by atoms with van der Waals surface area (Å²) in [6, 6.07) is 13.0. The van der Waals surface area contributed by atoms with Gasteiger partial charge in [-0.25, -0.2) is 4.68 Å². The van der Waals surface area contributed by atoms with Crippen molar-refractivity contribution in [3.63, 3.8) is 0 Å². The maximum Gasteiger partial charge on any atom is 0.266 e. The Morgan fingerprint density at radius 2 is 2.00 bits per heavy atom. The van der Waals surface area contributed by atoms with E-state index in [-0.39, 0.29) is 18.0 Å². The fraction of sp³-hybridized carbons (Fsp3) is 0.235. The van der Waals surface area contributed by atoms with Crippen LogP contribution in [0.4, 0.5) is 0 Å². The molecule has 0 saturated carbocycles. The lowest BCUT2D eigenvalue weighted by Crippen LogP contribution is -2.30. The average molecular weight is 310 g/mol. The summed E-state index contributed by atoms with van der Waals surface area (Å²) in [5.41, 5.74) is 0.917. The van der Waals surface area contributed by atoms with E-state index in [4.69, 9.17) is 0 Å². The zero-order chi connectivity index (χ0) is 16.1. The largest absolute Gasteiger partial charge is 0.354 e. The number of carbonyl (C=O) groups excluding carboxylic acids is 1. The molecule has 0 aliphatic carbocycles. The number of fused-ring (bicyclic) bond motifs is 1. The summed E-state index contributed by atoms with van der Waals surface area (Å²) >= 11 is 0. The molecule has 2 heterocycles. The summed E-state index contributed by atoms with van der Waals surface area (Å²) in [7, 11) is 0. The van der Waals surface area contributed by atoms with Crippen molar-refractivity contribution in [2.24, 2.45) is 0 Å². The lowest BCUT2D eigenvalue weighted by Gasteiger charge is -2.08. The Bertz CT molecular complexity index is 866. The number of amides is 1. The first kappa shape index (κ1) is 15.0. The van der Waals surface area contributed by atoms with E-state index in [1.165, 1.54) is 10.7 Å². The minimum atomic E-state index is -0.127. The van der Waals surface area contributed by atoms with Crippen molar-refractivity contribution in [3.05, 3.63) is 65.2 Å². The molecule has 23 heavy (non-hydrogen) atoms. The van der Waals surface area contributed by atoms with Gasteiger partial charge in [0.25, 0.3) is 5.56 Å². The van der Waals surface area contributed by atoms with E-state index in [1.807, 2.05) is 41.1 Å². The molecular formula is C17H18N4O2. The van der Waals surface area contributed by atoms with Gasteiger partial charge in [0.05, 0.1) is 0 Å². The maximum absolute atomic E-state index is 12.0. The van der Waals surface area contributed by atoms with Crippen LogP contribution in [0, 0.1) is 0 Å². The molecule has 0 spiro atoms. The zero-order valence-corrected chi connectivity index (χ0v) is 12.7. The maximum atomic E-state index is 12.0. The Kier molecular flexibility index (Phi) is 4.52. The van der Waals surface area contributed by atoms with Gasteiger partial charge >= 0.3 is 0 Å². The van der Waals surface area contributed by atoms with Crippen LogP contribution in [-0.4, -0.2) is 26.8 Å². The molecule has 2 aromatic heterocycles. The van der Waals surface area contributed by atoms with Crippen LogP contribution in [0.3, 0.4) is 0 Å². The van der Waals surface area contributed by atoms with Crippen LogP contribution < -0.4 is 10.9 Å². The van der Waals surface area contributed by atoms with Gasteiger partial charge in [0.1, 0.15) is 6.54 Å². The molecule has 3 aromatic rings. The molecule has 3 rings (SSSR count). The summed E-state index contributed by atoms with van der Waals surface area (Å²) in [6.07, 6.45) is 4.16. The Morgan fingerprint density at radius 1 is 1.13 bits per heavy atom. The molecule has 1 amide bonds.